The molecule has 2 saturated carbocycles. The van der Waals surface area contributed by atoms with Crippen LogP contribution in [0.15, 0.2) is 52.7 Å². The van der Waals surface area contributed by atoms with Crippen LogP contribution in [0.1, 0.15) is 88.2 Å². The van der Waals surface area contributed by atoms with Gasteiger partial charge in [-0.3, -0.25) is 23.9 Å². The Kier molecular flexibility index (Phi) is 9.39. The van der Waals surface area contributed by atoms with Gasteiger partial charge in [0, 0.05) is 17.6 Å². The number of hydrogen-bond acceptors (Lipinski definition) is 7. The smallest absolute Gasteiger partial charge is 0.310 e. The second-order valence-corrected chi connectivity index (χ2v) is 14.3. The number of nitrogens with zero attached hydrogens (tertiary/aromatic N) is 4. The fourth-order valence-electron chi connectivity index (χ4n) is 7.91. The lowest BCUT2D eigenvalue weighted by Crippen LogP contribution is -2.49. The zero-order valence-electron chi connectivity index (χ0n) is 25.8. The first kappa shape index (κ1) is 32.0. The van der Waals surface area contributed by atoms with E-state index >= 15 is 0 Å². The van der Waals surface area contributed by atoms with Crippen molar-refractivity contribution in [2.24, 2.45) is 22.7 Å². The van der Waals surface area contributed by atoms with Gasteiger partial charge in [-0.2, -0.15) is 0 Å². The van der Waals surface area contributed by atoms with Crippen LogP contribution in [0, 0.1) is 22.7 Å². The molecule has 0 spiro atoms. The molecule has 1 aromatic carbocycles. The summed E-state index contributed by atoms with van der Waals surface area (Å²) >= 11 is 3.34. The van der Waals surface area contributed by atoms with Crippen molar-refractivity contribution in [3.63, 3.8) is 0 Å². The van der Waals surface area contributed by atoms with Gasteiger partial charge in [-0.15, -0.1) is 5.10 Å². The Labute approximate surface area is 267 Å². The van der Waals surface area contributed by atoms with Crippen LogP contribution < -0.4 is 4.90 Å². The number of rotatable bonds is 11. The first-order valence-electron chi connectivity index (χ1n) is 15.4. The molecule has 1 aromatic heterocycles. The number of esters is 1. The molecule has 0 bridgehead atoms. The summed E-state index contributed by atoms with van der Waals surface area (Å²) in [4.78, 5) is 50.7. The number of carbonyl (C=O) groups excluding carboxylic acids is 4. The van der Waals surface area contributed by atoms with Crippen LogP contribution in [-0.4, -0.2) is 45.5 Å². The summed E-state index contributed by atoms with van der Waals surface area (Å²) in [6.07, 6.45) is 11.3. The average Bonchev–Trinajstić information content (AvgIpc) is 3.52. The molecule has 3 atom stereocenters. The Morgan fingerprint density at radius 1 is 1.20 bits per heavy atom. The number of Topliss-reactive ketones (excluding diaryl/α,β-unsaturated/α-hetero) is 1. The minimum absolute atomic E-state index is 0.0550. The monoisotopic (exact) mass is 664 g/mol. The number of aromatic nitrogens is 3. The van der Waals surface area contributed by atoms with Crippen molar-refractivity contribution in [2.75, 3.05) is 11.4 Å². The number of carbonyl (C=O) groups is 4. The molecule has 0 saturated heterocycles. The van der Waals surface area contributed by atoms with Gasteiger partial charge in [0.2, 0.25) is 0 Å². The quantitative estimate of drug-likeness (QED) is 0.0897. The fraction of sp³-hybridized carbons (Fsp3) is 0.529. The standard InChI is InChI=1S/C34H41BrN4O5/c1-22-7-12-29-33(2,3)13-5-14-34(29,4)27(22)10-8-23(20-40)17-30(41)44-21-25-19-38(37-36-25)15-6-16-39-28-11-9-24(35)18-26(28)31(42)32(39)43/h8-9,11,18-20,27,29H,1,5-7,10,12-17,21H2,2-4H3/b23-8+/t27-,29-,34+/m0/s1. The molecule has 1 aliphatic heterocycles. The van der Waals surface area contributed by atoms with E-state index in [0.717, 1.165) is 17.2 Å². The number of anilines is 1. The molecule has 2 aliphatic carbocycles. The molecule has 0 radical (unpaired) electrons. The van der Waals surface area contributed by atoms with Crippen LogP contribution in [0.25, 0.3) is 0 Å². The van der Waals surface area contributed by atoms with E-state index in [1.54, 1.807) is 29.1 Å². The van der Waals surface area contributed by atoms with Gasteiger partial charge in [-0.25, -0.2) is 0 Å². The van der Waals surface area contributed by atoms with Crippen molar-refractivity contribution in [3.8, 4) is 0 Å². The first-order valence-corrected chi connectivity index (χ1v) is 16.2. The van der Waals surface area contributed by atoms with Crippen molar-refractivity contribution < 1.29 is 23.9 Å². The van der Waals surface area contributed by atoms with E-state index in [4.69, 9.17) is 4.74 Å². The summed E-state index contributed by atoms with van der Waals surface area (Å²) in [5, 5.41) is 8.16. The van der Waals surface area contributed by atoms with Crippen LogP contribution in [0.5, 0.6) is 0 Å². The van der Waals surface area contributed by atoms with E-state index in [1.165, 1.54) is 36.2 Å². The van der Waals surface area contributed by atoms with Crippen molar-refractivity contribution in [2.45, 2.75) is 85.3 Å². The normalized spacial score (nSPS) is 24.7. The summed E-state index contributed by atoms with van der Waals surface area (Å²) in [6, 6.07) is 5.22. The number of fused-ring (bicyclic) bond motifs is 2. The van der Waals surface area contributed by atoms with Crippen molar-refractivity contribution in [1.29, 1.82) is 0 Å². The molecule has 1 amide bonds. The van der Waals surface area contributed by atoms with Gasteiger partial charge in [0.25, 0.3) is 11.7 Å². The minimum Gasteiger partial charge on any atom is -0.459 e. The molecule has 0 N–H and O–H groups in total. The highest BCUT2D eigenvalue weighted by Gasteiger charge is 2.52. The molecule has 10 heteroatoms. The van der Waals surface area contributed by atoms with Crippen molar-refractivity contribution in [3.05, 3.63) is 63.9 Å². The molecule has 2 fully saturated rings. The van der Waals surface area contributed by atoms with Crippen molar-refractivity contribution in [1.82, 2.24) is 15.0 Å². The highest BCUT2D eigenvalue weighted by atomic mass is 79.9. The number of aryl methyl sites for hydroxylation is 1. The molecule has 3 aliphatic rings. The van der Waals surface area contributed by atoms with E-state index in [-0.39, 0.29) is 18.4 Å². The number of aldehydes is 1. The predicted molar refractivity (Wildman–Crippen MR) is 170 cm³/mol. The topological polar surface area (TPSA) is 111 Å². The predicted octanol–water partition coefficient (Wildman–Crippen LogP) is 6.41. The number of amides is 1. The number of ether oxygens (including phenoxy) is 1. The first-order chi connectivity index (χ1) is 20.9. The van der Waals surface area contributed by atoms with Gasteiger partial charge in [0.05, 0.1) is 23.9 Å². The van der Waals surface area contributed by atoms with E-state index in [1.807, 2.05) is 6.08 Å². The fourth-order valence-corrected chi connectivity index (χ4v) is 8.27. The zero-order chi connectivity index (χ0) is 31.6. The van der Waals surface area contributed by atoms with Crippen molar-refractivity contribution >= 4 is 45.6 Å². The van der Waals surface area contributed by atoms with Crippen LogP contribution in [0.2, 0.25) is 0 Å². The number of halogens is 1. The maximum Gasteiger partial charge on any atom is 0.310 e. The molecule has 44 heavy (non-hydrogen) atoms. The minimum atomic E-state index is -0.534. The molecular weight excluding hydrogens is 624 g/mol. The van der Waals surface area contributed by atoms with Gasteiger partial charge >= 0.3 is 5.97 Å². The van der Waals surface area contributed by atoms with Crippen LogP contribution in [0.3, 0.4) is 0 Å². The zero-order valence-corrected chi connectivity index (χ0v) is 27.4. The largest absolute Gasteiger partial charge is 0.459 e. The number of hydrogen-bond donors (Lipinski definition) is 0. The van der Waals surface area contributed by atoms with Crippen LogP contribution >= 0.6 is 15.9 Å². The van der Waals surface area contributed by atoms with E-state index in [9.17, 15) is 19.2 Å². The third-order valence-electron chi connectivity index (χ3n) is 10.1. The van der Waals surface area contributed by atoms with Gasteiger partial charge in [-0.1, -0.05) is 66.6 Å². The maximum atomic E-state index is 12.6. The summed E-state index contributed by atoms with van der Waals surface area (Å²) in [6.45, 7) is 12.4. The highest BCUT2D eigenvalue weighted by Crippen LogP contribution is 2.61. The lowest BCUT2D eigenvalue weighted by atomic mass is 9.47. The molecule has 5 rings (SSSR count). The molecule has 9 nitrogen and oxygen atoms in total. The average molecular weight is 666 g/mol. The lowest BCUT2D eigenvalue weighted by Gasteiger charge is -2.58. The molecule has 2 aromatic rings. The summed E-state index contributed by atoms with van der Waals surface area (Å²) in [7, 11) is 0. The Hall–Kier alpha value is -3.40. The number of benzene rings is 1. The summed E-state index contributed by atoms with van der Waals surface area (Å²) < 4.78 is 7.77. The van der Waals surface area contributed by atoms with Gasteiger partial charge in [0.15, 0.2) is 0 Å². The second kappa shape index (κ2) is 12.9. The SMILES string of the molecule is C=C1CC[C@H]2C(C)(C)CCC[C@]2(C)[C@H]1C/C=C(/C=O)CC(=O)OCc1cn(CCCN2C(=O)C(=O)c3cc(Br)ccc32)nn1. The third-order valence-corrected chi connectivity index (χ3v) is 10.6. The third kappa shape index (κ3) is 6.50. The lowest BCUT2D eigenvalue weighted by molar-refractivity contribution is -0.144. The molecular formula is C34H41BrN4O5. The number of allylic oxidation sites excluding steroid dienone is 2. The van der Waals surface area contributed by atoms with E-state index in [0.29, 0.717) is 65.7 Å². The maximum absolute atomic E-state index is 12.6. The summed E-state index contributed by atoms with van der Waals surface area (Å²) in [5.41, 5.74) is 3.62. The van der Waals surface area contributed by atoms with Gasteiger partial charge < -0.3 is 9.64 Å². The van der Waals surface area contributed by atoms with E-state index in [2.05, 4.69) is 53.6 Å². The molecule has 2 heterocycles. The Morgan fingerprint density at radius 3 is 2.77 bits per heavy atom. The number of ketones is 1. The highest BCUT2D eigenvalue weighted by molar-refractivity contribution is 9.10. The molecule has 0 unspecified atom stereocenters. The van der Waals surface area contributed by atoms with Gasteiger partial charge in [-0.05, 0) is 85.0 Å². The summed E-state index contributed by atoms with van der Waals surface area (Å²) in [5.74, 6) is -0.618. The second-order valence-electron chi connectivity index (χ2n) is 13.4. The van der Waals surface area contributed by atoms with Gasteiger partial charge in [0.1, 0.15) is 18.6 Å². The van der Waals surface area contributed by atoms with Crippen LogP contribution in [0.4, 0.5) is 5.69 Å². The van der Waals surface area contributed by atoms with Crippen LogP contribution in [-0.2, 0) is 32.3 Å². The Morgan fingerprint density at radius 2 is 2.00 bits per heavy atom. The van der Waals surface area contributed by atoms with E-state index < -0.39 is 17.7 Å². The Balaban J connectivity index is 1.10. The Bertz CT molecular complexity index is 1510. The molecule has 234 valence electrons.